The van der Waals surface area contributed by atoms with Crippen LogP contribution in [-0.2, 0) is 13.2 Å². The Bertz CT molecular complexity index is 983. The zero-order chi connectivity index (χ0) is 15.5. The van der Waals surface area contributed by atoms with Gasteiger partial charge in [-0.3, -0.25) is 0 Å². The Morgan fingerprint density at radius 2 is 1.73 bits per heavy atom. The third kappa shape index (κ3) is 1.71. The van der Waals surface area contributed by atoms with Gasteiger partial charge in [-0.05, 0) is 24.3 Å². The molecule has 0 N–H and O–H groups in total. The third-order valence-electron chi connectivity index (χ3n) is 4.02. The van der Waals surface area contributed by atoms with Crippen molar-refractivity contribution in [3.63, 3.8) is 0 Å². The lowest BCUT2D eigenvalue weighted by Crippen LogP contribution is -2.08. The first-order valence-electron chi connectivity index (χ1n) is 6.81. The molecule has 2 aliphatic heterocycles. The van der Waals surface area contributed by atoms with Gasteiger partial charge in [0.2, 0.25) is 0 Å². The van der Waals surface area contributed by atoms with E-state index in [0.29, 0.717) is 11.3 Å². The average molecular weight is 300 g/mol. The highest BCUT2D eigenvalue weighted by Crippen LogP contribution is 2.39. The van der Waals surface area contributed by atoms with Crippen LogP contribution < -0.4 is 0 Å². The molecule has 2 nitrogen and oxygen atoms in total. The lowest BCUT2D eigenvalue weighted by Gasteiger charge is -2.15. The Balaban J connectivity index is 2.23. The molecule has 2 heterocycles. The molecule has 2 aromatic carbocycles. The molecule has 0 fully saturated rings. The second kappa shape index (κ2) is 4.22. The number of fused-ring (bicyclic) bond motifs is 4. The minimum atomic E-state index is -4.38. The van der Waals surface area contributed by atoms with Crippen LogP contribution in [0, 0.1) is 0 Å². The molecule has 0 aromatic heterocycles. The Labute approximate surface area is 124 Å². The molecule has 0 atom stereocenters. The van der Waals surface area contributed by atoms with Crippen LogP contribution in [0.3, 0.4) is 0 Å². The zero-order valence-corrected chi connectivity index (χ0v) is 11.6. The first-order chi connectivity index (χ1) is 10.5. The summed E-state index contributed by atoms with van der Waals surface area (Å²) in [6.45, 7) is 0. The van der Waals surface area contributed by atoms with E-state index in [1.165, 1.54) is 6.07 Å². The van der Waals surface area contributed by atoms with Gasteiger partial charge in [0.05, 0.1) is 11.1 Å². The number of halogens is 3. The lowest BCUT2D eigenvalue weighted by molar-refractivity contribution is -0.136. The van der Waals surface area contributed by atoms with Crippen molar-refractivity contribution >= 4 is 21.8 Å². The van der Waals surface area contributed by atoms with Gasteiger partial charge in [0.15, 0.2) is 0 Å². The number of benzene rings is 2. The van der Waals surface area contributed by atoms with E-state index in [1.807, 2.05) is 24.3 Å². The standard InChI is InChI=1S/C17H11F3N2/c1-22-15-8-4-6-13(17(18,19)20)12(15)9-11-10-5-2-3-7-14(10)21-16(11)22/h2-9H,1H3. The van der Waals surface area contributed by atoms with Crippen LogP contribution in [-0.4, -0.2) is 9.55 Å². The molecule has 0 radical (unpaired) electrons. The van der Waals surface area contributed by atoms with Crippen molar-refractivity contribution in [3.05, 3.63) is 54.1 Å². The van der Waals surface area contributed by atoms with Crippen molar-refractivity contribution in [2.45, 2.75) is 6.18 Å². The van der Waals surface area contributed by atoms with Gasteiger partial charge in [-0.1, -0.05) is 24.3 Å². The Hall–Kier alpha value is -2.56. The van der Waals surface area contributed by atoms with E-state index in [0.717, 1.165) is 22.5 Å². The molecule has 0 spiro atoms. The van der Waals surface area contributed by atoms with Crippen molar-refractivity contribution in [1.82, 2.24) is 9.55 Å². The topological polar surface area (TPSA) is 17.8 Å². The molecule has 0 saturated heterocycles. The fraction of sp³-hybridized carbons (Fsp3) is 0.118. The minimum absolute atomic E-state index is 0.197. The number of para-hydroxylation sites is 1. The summed E-state index contributed by atoms with van der Waals surface area (Å²) in [5.41, 5.74) is 1.43. The van der Waals surface area contributed by atoms with Crippen LogP contribution in [0.25, 0.3) is 33.2 Å². The number of aryl methyl sites for hydroxylation is 1. The van der Waals surface area contributed by atoms with E-state index in [9.17, 15) is 13.2 Å². The van der Waals surface area contributed by atoms with E-state index >= 15 is 0 Å². The van der Waals surface area contributed by atoms with Gasteiger partial charge in [0.25, 0.3) is 0 Å². The second-order valence-corrected chi connectivity index (χ2v) is 5.31. The van der Waals surface area contributed by atoms with Crippen LogP contribution in [0.5, 0.6) is 0 Å². The molecule has 110 valence electrons. The summed E-state index contributed by atoms with van der Waals surface area (Å²) in [6, 6.07) is 13.3. The summed E-state index contributed by atoms with van der Waals surface area (Å²) in [5.74, 6) is 0.688. The second-order valence-electron chi connectivity index (χ2n) is 5.31. The van der Waals surface area contributed by atoms with Crippen LogP contribution in [0.15, 0.2) is 48.5 Å². The van der Waals surface area contributed by atoms with E-state index in [1.54, 1.807) is 23.7 Å². The maximum atomic E-state index is 13.3. The number of pyridine rings is 1. The zero-order valence-electron chi connectivity index (χ0n) is 11.6. The van der Waals surface area contributed by atoms with Crippen molar-refractivity contribution < 1.29 is 13.2 Å². The average Bonchev–Trinajstić information content (AvgIpc) is 2.85. The van der Waals surface area contributed by atoms with Gasteiger partial charge in [-0.2, -0.15) is 13.2 Å². The van der Waals surface area contributed by atoms with E-state index < -0.39 is 11.7 Å². The summed E-state index contributed by atoms with van der Waals surface area (Å²) in [5, 5.41) is 1.06. The highest BCUT2D eigenvalue weighted by atomic mass is 19.4. The quantitative estimate of drug-likeness (QED) is 0.454. The van der Waals surface area contributed by atoms with E-state index in [4.69, 9.17) is 0 Å². The molecule has 5 heteroatoms. The minimum Gasteiger partial charge on any atom is -0.328 e. The summed E-state index contributed by atoms with van der Waals surface area (Å²) in [7, 11) is 1.75. The normalized spacial score (nSPS) is 12.5. The SMILES string of the molecule is Cn1c2nc3ccccc3c-2cc2c(C(F)(F)F)cccc21. The fourth-order valence-electron chi connectivity index (χ4n) is 2.99. The molecule has 2 aliphatic rings. The lowest BCUT2D eigenvalue weighted by atomic mass is 10.0. The van der Waals surface area contributed by atoms with Gasteiger partial charge in [0, 0.05) is 28.9 Å². The summed E-state index contributed by atoms with van der Waals surface area (Å²) in [6.07, 6.45) is -4.38. The summed E-state index contributed by atoms with van der Waals surface area (Å²) < 4.78 is 41.5. The first-order valence-corrected chi connectivity index (χ1v) is 6.81. The maximum Gasteiger partial charge on any atom is 0.417 e. The molecule has 2 aromatic rings. The molecular formula is C17H11F3N2. The number of alkyl halides is 3. The van der Waals surface area contributed by atoms with Crippen molar-refractivity contribution in [1.29, 1.82) is 0 Å². The number of rotatable bonds is 0. The highest BCUT2D eigenvalue weighted by molar-refractivity contribution is 6.01. The monoisotopic (exact) mass is 300 g/mol. The fourth-order valence-corrected chi connectivity index (χ4v) is 2.99. The van der Waals surface area contributed by atoms with Crippen molar-refractivity contribution in [2.24, 2.45) is 7.05 Å². The Morgan fingerprint density at radius 1 is 0.955 bits per heavy atom. The molecule has 0 saturated carbocycles. The predicted octanol–water partition coefficient (Wildman–Crippen LogP) is 4.85. The van der Waals surface area contributed by atoms with Gasteiger partial charge in [-0.25, -0.2) is 4.98 Å². The van der Waals surface area contributed by atoms with E-state index in [2.05, 4.69) is 4.98 Å². The first kappa shape index (κ1) is 13.1. The Morgan fingerprint density at radius 3 is 2.50 bits per heavy atom. The molecule has 0 aliphatic carbocycles. The summed E-state index contributed by atoms with van der Waals surface area (Å²) in [4.78, 5) is 4.54. The number of aromatic nitrogens is 2. The highest BCUT2D eigenvalue weighted by Gasteiger charge is 2.33. The predicted molar refractivity (Wildman–Crippen MR) is 79.8 cm³/mol. The number of nitrogens with zero attached hydrogens (tertiary/aromatic N) is 2. The Kier molecular flexibility index (Phi) is 2.52. The van der Waals surface area contributed by atoms with Crippen molar-refractivity contribution in [2.75, 3.05) is 0 Å². The van der Waals surface area contributed by atoms with Crippen LogP contribution in [0.1, 0.15) is 5.56 Å². The maximum absolute atomic E-state index is 13.3. The largest absolute Gasteiger partial charge is 0.417 e. The van der Waals surface area contributed by atoms with Crippen LogP contribution in [0.2, 0.25) is 0 Å². The van der Waals surface area contributed by atoms with Gasteiger partial charge >= 0.3 is 6.18 Å². The molecular weight excluding hydrogens is 289 g/mol. The van der Waals surface area contributed by atoms with Gasteiger partial charge in [-0.15, -0.1) is 0 Å². The molecule has 4 rings (SSSR count). The number of hydrogen-bond donors (Lipinski definition) is 0. The molecule has 22 heavy (non-hydrogen) atoms. The van der Waals surface area contributed by atoms with Gasteiger partial charge < -0.3 is 4.57 Å². The summed E-state index contributed by atoms with van der Waals surface area (Å²) >= 11 is 0. The molecule has 0 unspecified atom stereocenters. The van der Waals surface area contributed by atoms with Gasteiger partial charge in [0.1, 0.15) is 5.82 Å². The third-order valence-corrected chi connectivity index (χ3v) is 4.02. The van der Waals surface area contributed by atoms with Crippen LogP contribution >= 0.6 is 0 Å². The molecule has 0 bridgehead atoms. The van der Waals surface area contributed by atoms with Crippen LogP contribution in [0.4, 0.5) is 13.2 Å². The van der Waals surface area contributed by atoms with Crippen molar-refractivity contribution in [3.8, 4) is 11.4 Å². The number of hydrogen-bond acceptors (Lipinski definition) is 1. The molecule has 0 amide bonds. The smallest absolute Gasteiger partial charge is 0.328 e. The van der Waals surface area contributed by atoms with E-state index in [-0.39, 0.29) is 5.39 Å².